The molecule has 0 bridgehead atoms. The zero-order valence-electron chi connectivity index (χ0n) is 1.96. The molecule has 5 heavy (non-hydrogen) atoms. The van der Waals surface area contributed by atoms with Crippen molar-refractivity contribution in [2.24, 2.45) is 0 Å². The van der Waals surface area contributed by atoms with Crippen molar-refractivity contribution in [2.45, 2.75) is 0 Å². The SMILES string of the molecule is O.[Cl][Zn][Cl].[SrH2]. The van der Waals surface area contributed by atoms with Gasteiger partial charge in [-0.1, -0.05) is 0 Å². The van der Waals surface area contributed by atoms with Crippen LogP contribution >= 0.6 is 19.4 Å². The van der Waals surface area contributed by atoms with Gasteiger partial charge in [0.05, 0.1) is 0 Å². The zero-order valence-corrected chi connectivity index (χ0v) is 6.44. The van der Waals surface area contributed by atoms with Crippen molar-refractivity contribution >= 4 is 64.9 Å². The van der Waals surface area contributed by atoms with Gasteiger partial charge in [0.15, 0.2) is 0 Å². The molecule has 0 aromatic rings. The van der Waals surface area contributed by atoms with Crippen LogP contribution in [0.2, 0.25) is 0 Å². The van der Waals surface area contributed by atoms with Gasteiger partial charge in [0.1, 0.15) is 0 Å². The summed E-state index contributed by atoms with van der Waals surface area (Å²) < 4.78 is 0. The molecule has 2 N–H and O–H groups in total. The zero-order chi connectivity index (χ0) is 2.71. The van der Waals surface area contributed by atoms with Gasteiger partial charge in [-0.05, 0) is 0 Å². The van der Waals surface area contributed by atoms with Gasteiger partial charge in [-0.25, -0.2) is 0 Å². The average Bonchev–Trinajstić information content (AvgIpc) is 0.918. The van der Waals surface area contributed by atoms with Crippen LogP contribution in [0.4, 0.5) is 0 Å². The van der Waals surface area contributed by atoms with Crippen molar-refractivity contribution in [2.75, 3.05) is 0 Å². The molecule has 0 spiro atoms. The van der Waals surface area contributed by atoms with Crippen LogP contribution in [0.15, 0.2) is 0 Å². The molecule has 0 aromatic heterocycles. The van der Waals surface area contributed by atoms with E-state index in [-0.39, 0.29) is 51.0 Å². The Morgan fingerprint density at radius 2 is 1.20 bits per heavy atom. The summed E-state index contributed by atoms with van der Waals surface area (Å²) in [6.07, 6.45) is 0. The fraction of sp³-hybridized carbons (Fsp3) is 0. The minimum absolute atomic E-state index is 0. The molecule has 5 heteroatoms. The second-order valence-corrected chi connectivity index (χ2v) is 4.72. The monoisotopic (exact) mass is 242 g/mol. The molecular weight excluding hydrogens is 240 g/mol. The summed E-state index contributed by atoms with van der Waals surface area (Å²) in [5.41, 5.74) is 0. The molecule has 0 saturated heterocycles. The molecule has 0 aliphatic carbocycles. The Morgan fingerprint density at radius 3 is 1.20 bits per heavy atom. The fourth-order valence-electron chi connectivity index (χ4n) is 0. The van der Waals surface area contributed by atoms with Gasteiger partial charge < -0.3 is 5.48 Å². The summed E-state index contributed by atoms with van der Waals surface area (Å²) in [6, 6.07) is 0. The van der Waals surface area contributed by atoms with E-state index in [0.29, 0.717) is 0 Å². The Hall–Kier alpha value is 2.64. The molecule has 0 rings (SSSR count). The molecule has 0 amide bonds. The molecular formula is H4Cl2OSrZn. The molecule has 0 atom stereocenters. The second-order valence-electron chi connectivity index (χ2n) is 0.101. The third kappa shape index (κ3) is 20.5. The predicted octanol–water partition coefficient (Wildman–Crippen LogP) is -0.364. The molecule has 0 saturated carbocycles. The fourth-order valence-corrected chi connectivity index (χ4v) is 0. The molecule has 0 fully saturated rings. The molecule has 0 heterocycles. The standard InChI is InChI=1S/2ClH.H2O.Sr.Zn.2H/h2*1H;1H2;;;;/q;;;;+2;;/p-2. The van der Waals surface area contributed by atoms with E-state index in [1.807, 2.05) is 0 Å². The van der Waals surface area contributed by atoms with Crippen LogP contribution in [0.1, 0.15) is 0 Å². The van der Waals surface area contributed by atoms with Gasteiger partial charge in [-0.2, -0.15) is 0 Å². The predicted molar refractivity (Wildman–Crippen MR) is 23.9 cm³/mol. The van der Waals surface area contributed by atoms with E-state index in [2.05, 4.69) is 0 Å². The summed E-state index contributed by atoms with van der Waals surface area (Å²) in [5.74, 6) is 0. The van der Waals surface area contributed by atoms with Crippen molar-refractivity contribution in [3.8, 4) is 0 Å². The Kier molecular flexibility index (Phi) is 49.9. The number of hydrogen-bond donors (Lipinski definition) is 0. The van der Waals surface area contributed by atoms with Gasteiger partial charge >= 0.3 is 80.0 Å². The molecule has 28 valence electrons. The van der Waals surface area contributed by atoms with Gasteiger partial charge in [0.2, 0.25) is 0 Å². The van der Waals surface area contributed by atoms with E-state index in [9.17, 15) is 0 Å². The van der Waals surface area contributed by atoms with E-state index in [1.165, 1.54) is 0 Å². The first-order chi connectivity index (χ1) is 1.41. The summed E-state index contributed by atoms with van der Waals surface area (Å²) in [7, 11) is 9.90. The van der Waals surface area contributed by atoms with Crippen molar-refractivity contribution in [1.29, 1.82) is 0 Å². The maximum absolute atomic E-state index is 4.95. The summed E-state index contributed by atoms with van der Waals surface area (Å²) in [6.45, 7) is 0. The first-order valence-corrected chi connectivity index (χ1v) is 8.33. The summed E-state index contributed by atoms with van der Waals surface area (Å²) in [5, 5.41) is 0. The minimum atomic E-state index is -0.931. The van der Waals surface area contributed by atoms with E-state index in [0.717, 1.165) is 0 Å². The van der Waals surface area contributed by atoms with Crippen LogP contribution < -0.4 is 0 Å². The average molecular weight is 244 g/mol. The van der Waals surface area contributed by atoms with Crippen molar-refractivity contribution in [3.05, 3.63) is 0 Å². The van der Waals surface area contributed by atoms with Crippen LogP contribution in [-0.4, -0.2) is 51.0 Å². The number of hydrogen-bond acceptors (Lipinski definition) is 0. The van der Waals surface area contributed by atoms with Gasteiger partial charge in [-0.3, -0.25) is 0 Å². The molecule has 0 radical (unpaired) electrons. The maximum atomic E-state index is 4.95. The topological polar surface area (TPSA) is 31.5 Å². The van der Waals surface area contributed by atoms with E-state index in [1.54, 1.807) is 0 Å². The Labute approximate surface area is 83.7 Å². The van der Waals surface area contributed by atoms with Crippen LogP contribution in [0.5, 0.6) is 0 Å². The third-order valence-electron chi connectivity index (χ3n) is 0. The van der Waals surface area contributed by atoms with Gasteiger partial charge in [-0.15, -0.1) is 0 Å². The van der Waals surface area contributed by atoms with E-state index in [4.69, 9.17) is 19.4 Å². The Balaban J connectivity index is -0.0000000200. The quantitative estimate of drug-likeness (QED) is 0.521. The van der Waals surface area contributed by atoms with Crippen molar-refractivity contribution in [1.82, 2.24) is 0 Å². The first-order valence-electron chi connectivity index (χ1n) is 0.535. The molecule has 0 aliphatic heterocycles. The van der Waals surface area contributed by atoms with E-state index < -0.39 is 15.1 Å². The van der Waals surface area contributed by atoms with Crippen LogP contribution in [0, 0.1) is 0 Å². The first kappa shape index (κ1) is 15.6. The number of halogens is 2. The van der Waals surface area contributed by atoms with Gasteiger partial charge in [0.25, 0.3) is 0 Å². The second kappa shape index (κ2) is 15.9. The normalized spacial score (nSPS) is 2.00. The number of rotatable bonds is 0. The van der Waals surface area contributed by atoms with Crippen LogP contribution in [0.3, 0.4) is 0 Å². The Morgan fingerprint density at radius 1 is 1.20 bits per heavy atom. The molecule has 1 nitrogen and oxygen atoms in total. The van der Waals surface area contributed by atoms with E-state index >= 15 is 0 Å². The van der Waals surface area contributed by atoms with Crippen LogP contribution in [-0.2, 0) is 15.1 Å². The summed E-state index contributed by atoms with van der Waals surface area (Å²) >= 11 is -0.931. The van der Waals surface area contributed by atoms with Crippen LogP contribution in [0.25, 0.3) is 0 Å². The van der Waals surface area contributed by atoms with Gasteiger partial charge in [0, 0.05) is 0 Å². The third-order valence-corrected chi connectivity index (χ3v) is 0. The molecule has 0 aromatic carbocycles. The molecule has 0 unspecified atom stereocenters. The Bertz CT molecular complexity index is 9.61. The van der Waals surface area contributed by atoms with Crippen molar-refractivity contribution in [3.63, 3.8) is 0 Å². The summed E-state index contributed by atoms with van der Waals surface area (Å²) in [4.78, 5) is 0. The van der Waals surface area contributed by atoms with Crippen molar-refractivity contribution < 1.29 is 20.6 Å². The molecule has 0 aliphatic rings.